The van der Waals surface area contributed by atoms with Crippen LogP contribution >= 0.6 is 0 Å². The molecule has 1 atom stereocenters. The van der Waals surface area contributed by atoms with Gasteiger partial charge in [0, 0.05) is 11.1 Å². The third kappa shape index (κ3) is 3.75. The van der Waals surface area contributed by atoms with E-state index in [9.17, 15) is 13.2 Å². The van der Waals surface area contributed by atoms with Crippen molar-refractivity contribution in [1.82, 2.24) is 0 Å². The minimum absolute atomic E-state index is 0.254. The predicted octanol–water partition coefficient (Wildman–Crippen LogP) is 5.28. The highest BCUT2D eigenvalue weighted by molar-refractivity contribution is 6.05. The third-order valence-electron chi connectivity index (χ3n) is 4.47. The maximum Gasteiger partial charge on any atom is 0.416 e. The molecule has 0 aliphatic carbocycles. The van der Waals surface area contributed by atoms with Crippen molar-refractivity contribution in [3.05, 3.63) is 71.3 Å². The van der Waals surface area contributed by atoms with E-state index >= 15 is 0 Å². The summed E-state index contributed by atoms with van der Waals surface area (Å²) >= 11 is 0. The molecule has 0 amide bonds. The largest absolute Gasteiger partial charge is 0.416 e. The van der Waals surface area contributed by atoms with Gasteiger partial charge in [-0.15, -0.1) is 0 Å². The molecule has 2 aromatic carbocycles. The van der Waals surface area contributed by atoms with Crippen LogP contribution in [0.25, 0.3) is 0 Å². The molecule has 0 bridgehead atoms. The lowest BCUT2D eigenvalue weighted by Crippen LogP contribution is -2.33. The first-order valence-electron chi connectivity index (χ1n) is 8.24. The van der Waals surface area contributed by atoms with Crippen molar-refractivity contribution < 1.29 is 18.0 Å². The average molecular weight is 357 g/mol. The van der Waals surface area contributed by atoms with E-state index in [1.807, 2.05) is 44.2 Å². The molecule has 1 unspecified atom stereocenters. The van der Waals surface area contributed by atoms with Gasteiger partial charge >= 0.3 is 6.18 Å². The van der Waals surface area contributed by atoms with Crippen LogP contribution in [0.2, 0.25) is 0 Å². The van der Waals surface area contributed by atoms with Crippen molar-refractivity contribution in [2.75, 3.05) is 0 Å². The third-order valence-corrected chi connectivity index (χ3v) is 4.47. The minimum atomic E-state index is -4.35. The lowest BCUT2D eigenvalue weighted by molar-refractivity contribution is -0.137. The standard InChI is InChI=1S/C21H18F3NO/c1-20(2)18(10-6-9-15-7-4-3-5-8-15)26-25-19(20)16-11-13-17(14-12-16)21(22,23)24/h3-5,7-8,11-14,18H,10H2,1-2H3. The Hall–Kier alpha value is -2.74. The zero-order valence-electron chi connectivity index (χ0n) is 14.5. The molecular weight excluding hydrogens is 339 g/mol. The van der Waals surface area contributed by atoms with Crippen molar-refractivity contribution in [2.24, 2.45) is 10.6 Å². The molecular formula is C21H18F3NO. The lowest BCUT2D eigenvalue weighted by atomic mass is 9.78. The molecule has 26 heavy (non-hydrogen) atoms. The van der Waals surface area contributed by atoms with E-state index in [2.05, 4.69) is 17.0 Å². The average Bonchev–Trinajstić information content (AvgIpc) is 2.90. The molecule has 0 saturated heterocycles. The van der Waals surface area contributed by atoms with E-state index in [4.69, 9.17) is 4.84 Å². The fourth-order valence-corrected chi connectivity index (χ4v) is 2.82. The zero-order valence-corrected chi connectivity index (χ0v) is 14.5. The highest BCUT2D eigenvalue weighted by Gasteiger charge is 2.42. The van der Waals surface area contributed by atoms with Gasteiger partial charge in [0.15, 0.2) is 0 Å². The van der Waals surface area contributed by atoms with Crippen LogP contribution in [0, 0.1) is 17.3 Å². The quantitative estimate of drug-likeness (QED) is 0.671. The molecule has 134 valence electrons. The predicted molar refractivity (Wildman–Crippen MR) is 94.6 cm³/mol. The van der Waals surface area contributed by atoms with Crippen LogP contribution in [-0.2, 0) is 11.0 Å². The summed E-state index contributed by atoms with van der Waals surface area (Å²) in [6.45, 7) is 3.93. The molecule has 3 rings (SSSR count). The molecule has 0 N–H and O–H groups in total. The van der Waals surface area contributed by atoms with E-state index in [1.165, 1.54) is 12.1 Å². The molecule has 5 heteroatoms. The maximum atomic E-state index is 12.7. The molecule has 0 fully saturated rings. The van der Waals surface area contributed by atoms with Crippen molar-refractivity contribution in [3.63, 3.8) is 0 Å². The summed E-state index contributed by atoms with van der Waals surface area (Å²) in [5.74, 6) is 6.19. The number of alkyl halides is 3. The molecule has 2 nitrogen and oxygen atoms in total. The van der Waals surface area contributed by atoms with Gasteiger partial charge in [0.25, 0.3) is 0 Å². The first kappa shape index (κ1) is 18.1. The smallest absolute Gasteiger partial charge is 0.390 e. The monoisotopic (exact) mass is 357 g/mol. The maximum absolute atomic E-state index is 12.7. The number of hydrogen-bond donors (Lipinski definition) is 0. The Balaban J connectivity index is 1.73. The van der Waals surface area contributed by atoms with E-state index in [-0.39, 0.29) is 6.10 Å². The van der Waals surface area contributed by atoms with E-state index in [0.29, 0.717) is 17.7 Å². The van der Waals surface area contributed by atoms with E-state index in [0.717, 1.165) is 17.7 Å². The minimum Gasteiger partial charge on any atom is -0.390 e. The first-order chi connectivity index (χ1) is 12.3. The first-order valence-corrected chi connectivity index (χ1v) is 8.24. The lowest BCUT2D eigenvalue weighted by Gasteiger charge is -2.24. The van der Waals surface area contributed by atoms with E-state index in [1.54, 1.807) is 0 Å². The van der Waals surface area contributed by atoms with Gasteiger partial charge in [0.05, 0.1) is 23.1 Å². The summed E-state index contributed by atoms with van der Waals surface area (Å²) in [5.41, 5.74) is 1.06. The summed E-state index contributed by atoms with van der Waals surface area (Å²) in [6, 6.07) is 14.6. The molecule has 0 aromatic heterocycles. The number of rotatable bonds is 2. The Morgan fingerprint density at radius 1 is 1.04 bits per heavy atom. The van der Waals surface area contributed by atoms with Crippen LogP contribution in [0.4, 0.5) is 13.2 Å². The number of nitrogens with zero attached hydrogens (tertiary/aromatic N) is 1. The molecule has 0 saturated carbocycles. The molecule has 0 radical (unpaired) electrons. The molecule has 0 spiro atoms. The van der Waals surface area contributed by atoms with Crippen molar-refractivity contribution in [2.45, 2.75) is 32.5 Å². The summed E-state index contributed by atoms with van der Waals surface area (Å²) in [7, 11) is 0. The molecule has 2 aromatic rings. The molecule has 1 aliphatic heterocycles. The SMILES string of the molecule is CC1(C)C(c2ccc(C(F)(F)F)cc2)=NOC1CC#Cc1ccccc1. The van der Waals surface area contributed by atoms with Crippen LogP contribution < -0.4 is 0 Å². The van der Waals surface area contributed by atoms with Gasteiger partial charge in [-0.25, -0.2) is 0 Å². The summed E-state index contributed by atoms with van der Waals surface area (Å²) < 4.78 is 38.2. The van der Waals surface area contributed by atoms with Gasteiger partial charge in [0.1, 0.15) is 6.10 Å². The van der Waals surface area contributed by atoms with E-state index < -0.39 is 17.2 Å². The van der Waals surface area contributed by atoms with Crippen molar-refractivity contribution >= 4 is 5.71 Å². The van der Waals surface area contributed by atoms with Crippen molar-refractivity contribution in [3.8, 4) is 11.8 Å². The Morgan fingerprint density at radius 2 is 1.69 bits per heavy atom. The van der Waals surface area contributed by atoms with Gasteiger partial charge in [-0.1, -0.05) is 61.2 Å². The zero-order chi connectivity index (χ0) is 18.8. The highest BCUT2D eigenvalue weighted by Crippen LogP contribution is 2.37. The van der Waals surface area contributed by atoms with Gasteiger partial charge in [-0.05, 0) is 24.3 Å². The second kappa shape index (κ2) is 6.87. The van der Waals surface area contributed by atoms with Crippen LogP contribution in [-0.4, -0.2) is 11.8 Å². The molecule has 1 aliphatic rings. The fraction of sp³-hybridized carbons (Fsp3) is 0.286. The molecule has 1 heterocycles. The van der Waals surface area contributed by atoms with Gasteiger partial charge < -0.3 is 4.84 Å². The highest BCUT2D eigenvalue weighted by atomic mass is 19.4. The number of hydrogen-bond acceptors (Lipinski definition) is 2. The Morgan fingerprint density at radius 3 is 2.31 bits per heavy atom. The second-order valence-corrected chi connectivity index (χ2v) is 6.70. The second-order valence-electron chi connectivity index (χ2n) is 6.70. The van der Waals surface area contributed by atoms with Crippen LogP contribution in [0.5, 0.6) is 0 Å². The summed E-state index contributed by atoms with van der Waals surface area (Å²) in [5, 5.41) is 4.13. The summed E-state index contributed by atoms with van der Waals surface area (Å²) in [4.78, 5) is 5.53. The number of halogens is 3. The number of benzene rings is 2. The topological polar surface area (TPSA) is 21.6 Å². The Bertz CT molecular complexity index is 856. The van der Waals surface area contributed by atoms with Gasteiger partial charge in [-0.2, -0.15) is 13.2 Å². The Labute approximate surface area is 150 Å². The van der Waals surface area contributed by atoms with Crippen LogP contribution in [0.15, 0.2) is 59.8 Å². The van der Waals surface area contributed by atoms with Gasteiger partial charge in [0.2, 0.25) is 0 Å². The van der Waals surface area contributed by atoms with Gasteiger partial charge in [-0.3, -0.25) is 0 Å². The number of oxime groups is 1. The van der Waals surface area contributed by atoms with Crippen LogP contribution in [0.1, 0.15) is 37.0 Å². The summed E-state index contributed by atoms with van der Waals surface area (Å²) in [6.07, 6.45) is -4.12. The fourth-order valence-electron chi connectivity index (χ4n) is 2.82. The van der Waals surface area contributed by atoms with Crippen molar-refractivity contribution in [1.29, 1.82) is 0 Å². The normalized spacial score (nSPS) is 18.5. The Kier molecular flexibility index (Phi) is 4.78. The van der Waals surface area contributed by atoms with Crippen LogP contribution in [0.3, 0.4) is 0 Å².